The van der Waals surface area contributed by atoms with Crippen LogP contribution < -0.4 is 0 Å². The van der Waals surface area contributed by atoms with E-state index in [4.69, 9.17) is 9.47 Å². The van der Waals surface area contributed by atoms with E-state index in [0.717, 1.165) is 11.1 Å². The molecule has 30 heavy (non-hydrogen) atoms. The number of carbonyl (C=O) groups excluding carboxylic acids is 3. The van der Waals surface area contributed by atoms with Crippen LogP contribution in [0, 0.1) is 0 Å². The lowest BCUT2D eigenvalue weighted by molar-refractivity contribution is -0.157. The van der Waals surface area contributed by atoms with Crippen LogP contribution >= 0.6 is 0 Å². The van der Waals surface area contributed by atoms with Gasteiger partial charge in [0.25, 0.3) is 5.91 Å². The minimum Gasteiger partial charge on any atom is -0.459 e. The summed E-state index contributed by atoms with van der Waals surface area (Å²) in [6, 6.07) is 4.97. The number of hydrogen-bond donors (Lipinski definition) is 0. The Morgan fingerprint density at radius 3 is 2.70 bits per heavy atom. The molecule has 2 atom stereocenters. The monoisotopic (exact) mass is 415 g/mol. The Bertz CT molecular complexity index is 1060. The number of nitrogens with zero attached hydrogens (tertiary/aromatic N) is 3. The topological polar surface area (TPSA) is 90.7 Å². The van der Waals surface area contributed by atoms with Crippen molar-refractivity contribution in [3.63, 3.8) is 0 Å². The van der Waals surface area contributed by atoms with Crippen molar-refractivity contribution >= 4 is 18.0 Å². The van der Waals surface area contributed by atoms with E-state index in [9.17, 15) is 18.8 Å². The highest BCUT2D eigenvalue weighted by Gasteiger charge is 2.61. The van der Waals surface area contributed by atoms with Gasteiger partial charge >= 0.3 is 12.1 Å². The van der Waals surface area contributed by atoms with Crippen molar-refractivity contribution in [3.05, 3.63) is 41.7 Å². The van der Waals surface area contributed by atoms with Crippen LogP contribution in [0.15, 0.2) is 30.6 Å². The maximum absolute atomic E-state index is 15.0. The Labute approximate surface area is 172 Å². The third-order valence-electron chi connectivity index (χ3n) is 5.11. The fraction of sp³-hybridized carbons (Fsp3) is 0.429. The zero-order valence-electron chi connectivity index (χ0n) is 17.1. The average molecular weight is 415 g/mol. The summed E-state index contributed by atoms with van der Waals surface area (Å²) < 4.78 is 27.2. The Kier molecular flexibility index (Phi) is 4.44. The van der Waals surface area contributed by atoms with Crippen LogP contribution in [0.5, 0.6) is 0 Å². The number of rotatable bonds is 3. The summed E-state index contributed by atoms with van der Waals surface area (Å²) in [5.41, 5.74) is -0.405. The molecule has 1 aromatic heterocycles. The molecule has 1 fully saturated rings. The molecule has 0 saturated carbocycles. The normalized spacial score (nSPS) is 23.1. The molecule has 2 heterocycles. The lowest BCUT2D eigenvalue weighted by Gasteiger charge is -2.22. The van der Waals surface area contributed by atoms with Gasteiger partial charge in [-0.1, -0.05) is 12.1 Å². The predicted octanol–water partition coefficient (Wildman–Crippen LogP) is 3.02. The van der Waals surface area contributed by atoms with E-state index in [0.29, 0.717) is 10.5 Å². The van der Waals surface area contributed by atoms with Gasteiger partial charge in [-0.15, -0.1) is 0 Å². The van der Waals surface area contributed by atoms with Crippen molar-refractivity contribution in [3.8, 4) is 11.1 Å². The van der Waals surface area contributed by atoms with Crippen molar-refractivity contribution < 1.29 is 28.2 Å². The first-order chi connectivity index (χ1) is 14.0. The van der Waals surface area contributed by atoms with Crippen molar-refractivity contribution in [2.45, 2.75) is 44.6 Å². The van der Waals surface area contributed by atoms with Gasteiger partial charge in [-0.2, -0.15) is 5.10 Å². The first-order valence-corrected chi connectivity index (χ1v) is 9.54. The summed E-state index contributed by atoms with van der Waals surface area (Å²) in [4.78, 5) is 38.3. The second-order valence-corrected chi connectivity index (χ2v) is 8.55. The fourth-order valence-corrected chi connectivity index (χ4v) is 3.90. The van der Waals surface area contributed by atoms with Crippen molar-refractivity contribution in [2.24, 2.45) is 7.05 Å². The molecule has 1 saturated heterocycles. The van der Waals surface area contributed by atoms with Gasteiger partial charge in [0, 0.05) is 30.8 Å². The molecule has 158 valence electrons. The van der Waals surface area contributed by atoms with Gasteiger partial charge in [0.05, 0.1) is 6.20 Å². The molecule has 0 N–H and O–H groups in total. The maximum atomic E-state index is 15.0. The highest BCUT2D eigenvalue weighted by Crippen LogP contribution is 2.52. The molecule has 1 spiro atoms. The number of carbonyl (C=O) groups is 3. The quantitative estimate of drug-likeness (QED) is 0.716. The Morgan fingerprint density at radius 1 is 1.33 bits per heavy atom. The van der Waals surface area contributed by atoms with Gasteiger partial charge < -0.3 is 9.47 Å². The predicted molar refractivity (Wildman–Crippen MR) is 103 cm³/mol. The summed E-state index contributed by atoms with van der Waals surface area (Å²) >= 11 is 0. The van der Waals surface area contributed by atoms with Crippen LogP contribution in [0.1, 0.15) is 44.5 Å². The number of alkyl halides is 1. The van der Waals surface area contributed by atoms with Gasteiger partial charge in [-0.05, 0) is 38.0 Å². The third-order valence-corrected chi connectivity index (χ3v) is 5.11. The Morgan fingerprint density at radius 2 is 2.07 bits per heavy atom. The minimum absolute atomic E-state index is 0.289. The van der Waals surface area contributed by atoms with Gasteiger partial charge in [0.2, 0.25) is 5.60 Å². The smallest absolute Gasteiger partial charge is 0.418 e. The SMILES string of the molecule is Cn1cc(-c2ccc3c(c2)[C@H](F)C[C@]32OC(=O)N(CC(=O)OC(C)(C)C)C2=O)cn1. The Balaban J connectivity index is 1.64. The standard InChI is InChI=1S/C21H22FN3O5/c1-20(2,3)29-17(26)11-25-18(27)21(30-19(25)28)8-16(22)14-7-12(5-6-15(14)21)13-9-23-24(4)10-13/h5-7,9-10,16H,8,11H2,1-4H3/t16-,21+/m1/s1. The number of fused-ring (bicyclic) bond motifs is 2. The number of imide groups is 1. The second-order valence-electron chi connectivity index (χ2n) is 8.55. The lowest BCUT2D eigenvalue weighted by atomic mass is 9.93. The molecule has 9 heteroatoms. The number of amides is 2. The summed E-state index contributed by atoms with van der Waals surface area (Å²) in [6.07, 6.45) is 0.650. The van der Waals surface area contributed by atoms with Crippen molar-refractivity contribution in [1.82, 2.24) is 14.7 Å². The lowest BCUT2D eigenvalue weighted by Crippen LogP contribution is -2.41. The maximum Gasteiger partial charge on any atom is 0.418 e. The molecular formula is C21H22FN3O5. The minimum atomic E-state index is -1.76. The number of hydrogen-bond acceptors (Lipinski definition) is 6. The molecule has 0 unspecified atom stereocenters. The molecule has 0 bridgehead atoms. The van der Waals surface area contributed by atoms with Crippen molar-refractivity contribution in [1.29, 1.82) is 0 Å². The molecule has 2 amide bonds. The van der Waals surface area contributed by atoms with E-state index in [2.05, 4.69) is 5.10 Å². The van der Waals surface area contributed by atoms with Crippen LogP contribution in [0.25, 0.3) is 11.1 Å². The molecular weight excluding hydrogens is 393 g/mol. The first kappa shape index (κ1) is 20.1. The largest absolute Gasteiger partial charge is 0.459 e. The summed E-state index contributed by atoms with van der Waals surface area (Å²) in [5.74, 6) is -1.50. The molecule has 2 aliphatic rings. The number of aryl methyl sites for hydroxylation is 1. The summed E-state index contributed by atoms with van der Waals surface area (Å²) in [6.45, 7) is 4.45. The molecule has 1 aliphatic carbocycles. The number of halogens is 1. The molecule has 4 rings (SSSR count). The van der Waals surface area contributed by atoms with E-state index in [1.807, 2.05) is 0 Å². The second kappa shape index (κ2) is 6.65. The molecule has 1 aliphatic heterocycles. The van der Waals surface area contributed by atoms with E-state index in [1.54, 1.807) is 63.1 Å². The fourth-order valence-electron chi connectivity index (χ4n) is 3.90. The first-order valence-electron chi connectivity index (χ1n) is 9.54. The number of aromatic nitrogens is 2. The van der Waals surface area contributed by atoms with Gasteiger partial charge in [0.1, 0.15) is 18.3 Å². The van der Waals surface area contributed by atoms with Gasteiger partial charge in [0.15, 0.2) is 0 Å². The summed E-state index contributed by atoms with van der Waals surface area (Å²) in [5, 5.41) is 4.11. The van der Waals surface area contributed by atoms with E-state index < -0.39 is 41.9 Å². The number of ether oxygens (including phenoxy) is 2. The van der Waals surface area contributed by atoms with E-state index >= 15 is 0 Å². The van der Waals surface area contributed by atoms with Crippen molar-refractivity contribution in [2.75, 3.05) is 6.54 Å². The highest BCUT2D eigenvalue weighted by molar-refractivity contribution is 6.06. The van der Waals surface area contributed by atoms with Gasteiger partial charge in [-0.25, -0.2) is 14.1 Å². The average Bonchev–Trinajstić information content (AvgIpc) is 3.26. The third kappa shape index (κ3) is 3.24. The molecule has 2 aromatic rings. The number of esters is 1. The Hall–Kier alpha value is -3.23. The van der Waals surface area contributed by atoms with Crippen LogP contribution in [-0.2, 0) is 31.7 Å². The van der Waals surface area contributed by atoms with Crippen LogP contribution in [-0.4, -0.2) is 44.8 Å². The van der Waals surface area contributed by atoms with Crippen LogP contribution in [0.2, 0.25) is 0 Å². The zero-order chi connectivity index (χ0) is 21.8. The molecule has 1 aromatic carbocycles. The zero-order valence-corrected chi connectivity index (χ0v) is 17.1. The molecule has 8 nitrogen and oxygen atoms in total. The highest BCUT2D eigenvalue weighted by atomic mass is 19.1. The van der Waals surface area contributed by atoms with Crippen LogP contribution in [0.3, 0.4) is 0 Å². The number of benzene rings is 1. The van der Waals surface area contributed by atoms with Gasteiger partial charge in [-0.3, -0.25) is 14.3 Å². The van der Waals surface area contributed by atoms with E-state index in [-0.39, 0.29) is 12.0 Å². The van der Waals surface area contributed by atoms with Crippen LogP contribution in [0.4, 0.5) is 9.18 Å². The molecule has 0 radical (unpaired) electrons. The summed E-state index contributed by atoms with van der Waals surface area (Å²) in [7, 11) is 1.78. The van der Waals surface area contributed by atoms with E-state index in [1.165, 1.54) is 0 Å².